The van der Waals surface area contributed by atoms with E-state index in [4.69, 9.17) is 21.1 Å². The molecule has 1 atom stereocenters. The zero-order valence-electron chi connectivity index (χ0n) is 11.2. The van der Waals surface area contributed by atoms with Crippen molar-refractivity contribution in [3.63, 3.8) is 0 Å². The molecule has 0 bridgehead atoms. The standard InChI is InChI=1S/C17H17ClO2/c18-17-4-2-1-3-14(17)11-13-5-7-15(8-6-13)20-16-9-10-19-12-16/h1-8,16H,9-12H2. The number of hydrogen-bond acceptors (Lipinski definition) is 2. The minimum Gasteiger partial charge on any atom is -0.488 e. The van der Waals surface area contributed by atoms with Crippen LogP contribution in [-0.4, -0.2) is 19.3 Å². The number of rotatable bonds is 4. The van der Waals surface area contributed by atoms with Gasteiger partial charge in [0.1, 0.15) is 11.9 Å². The minimum atomic E-state index is 0.199. The Morgan fingerprint density at radius 2 is 1.90 bits per heavy atom. The first-order valence-corrected chi connectivity index (χ1v) is 7.26. The molecule has 2 aromatic carbocycles. The lowest BCUT2D eigenvalue weighted by atomic mass is 10.1. The van der Waals surface area contributed by atoms with Crippen molar-refractivity contribution >= 4 is 11.6 Å². The predicted molar refractivity (Wildman–Crippen MR) is 80.6 cm³/mol. The Balaban J connectivity index is 1.65. The van der Waals surface area contributed by atoms with Gasteiger partial charge in [0.2, 0.25) is 0 Å². The summed E-state index contributed by atoms with van der Waals surface area (Å²) in [7, 11) is 0. The van der Waals surface area contributed by atoms with Crippen molar-refractivity contribution in [3.05, 3.63) is 64.7 Å². The molecule has 104 valence electrons. The van der Waals surface area contributed by atoms with E-state index >= 15 is 0 Å². The lowest BCUT2D eigenvalue weighted by molar-refractivity contribution is 0.141. The Bertz CT molecular complexity index is 559. The van der Waals surface area contributed by atoms with E-state index in [1.54, 1.807) is 0 Å². The molecule has 20 heavy (non-hydrogen) atoms. The van der Waals surface area contributed by atoms with Gasteiger partial charge >= 0.3 is 0 Å². The van der Waals surface area contributed by atoms with Crippen LogP contribution in [0.15, 0.2) is 48.5 Å². The number of hydrogen-bond donors (Lipinski definition) is 0. The van der Waals surface area contributed by atoms with Crippen molar-refractivity contribution in [1.82, 2.24) is 0 Å². The van der Waals surface area contributed by atoms with Crippen molar-refractivity contribution in [2.45, 2.75) is 18.9 Å². The molecular weight excluding hydrogens is 272 g/mol. The van der Waals surface area contributed by atoms with Crippen molar-refractivity contribution in [1.29, 1.82) is 0 Å². The second-order valence-electron chi connectivity index (χ2n) is 5.02. The van der Waals surface area contributed by atoms with Gasteiger partial charge in [-0.3, -0.25) is 0 Å². The van der Waals surface area contributed by atoms with E-state index in [1.807, 2.05) is 30.3 Å². The summed E-state index contributed by atoms with van der Waals surface area (Å²) >= 11 is 6.18. The fourth-order valence-corrected chi connectivity index (χ4v) is 2.55. The molecular formula is C17H17ClO2. The molecule has 0 N–H and O–H groups in total. The normalized spacial score (nSPS) is 18.1. The zero-order chi connectivity index (χ0) is 13.8. The summed E-state index contributed by atoms with van der Waals surface area (Å²) in [6, 6.07) is 16.2. The zero-order valence-corrected chi connectivity index (χ0v) is 12.0. The molecule has 1 saturated heterocycles. The van der Waals surface area contributed by atoms with E-state index in [0.717, 1.165) is 35.8 Å². The molecule has 1 fully saturated rings. The van der Waals surface area contributed by atoms with Crippen LogP contribution in [0.25, 0.3) is 0 Å². The van der Waals surface area contributed by atoms with Crippen molar-refractivity contribution in [3.8, 4) is 5.75 Å². The van der Waals surface area contributed by atoms with Crippen LogP contribution in [-0.2, 0) is 11.2 Å². The number of ether oxygens (including phenoxy) is 2. The SMILES string of the molecule is Clc1ccccc1Cc1ccc(OC2CCOC2)cc1. The van der Waals surface area contributed by atoms with Crippen LogP contribution in [0.4, 0.5) is 0 Å². The molecule has 1 unspecified atom stereocenters. The molecule has 2 aromatic rings. The van der Waals surface area contributed by atoms with E-state index in [-0.39, 0.29) is 6.10 Å². The minimum absolute atomic E-state index is 0.199. The molecule has 0 radical (unpaired) electrons. The summed E-state index contributed by atoms with van der Waals surface area (Å²) < 4.78 is 11.2. The van der Waals surface area contributed by atoms with E-state index in [1.165, 1.54) is 5.56 Å². The summed E-state index contributed by atoms with van der Waals surface area (Å²) in [5.74, 6) is 0.906. The molecule has 1 heterocycles. The van der Waals surface area contributed by atoms with Gasteiger partial charge in [-0.25, -0.2) is 0 Å². The van der Waals surface area contributed by atoms with Gasteiger partial charge in [-0.05, 0) is 35.7 Å². The van der Waals surface area contributed by atoms with E-state index < -0.39 is 0 Å². The Hall–Kier alpha value is -1.51. The molecule has 2 nitrogen and oxygen atoms in total. The molecule has 0 amide bonds. The van der Waals surface area contributed by atoms with Gasteiger partial charge in [-0.15, -0.1) is 0 Å². The van der Waals surface area contributed by atoms with Crippen molar-refractivity contribution < 1.29 is 9.47 Å². The average molecular weight is 289 g/mol. The summed E-state index contributed by atoms with van der Waals surface area (Å²) in [5, 5.41) is 0.816. The van der Waals surface area contributed by atoms with Crippen LogP contribution in [0, 0.1) is 0 Å². The number of halogens is 1. The van der Waals surface area contributed by atoms with Crippen LogP contribution in [0.1, 0.15) is 17.5 Å². The van der Waals surface area contributed by atoms with Gasteiger partial charge in [0.25, 0.3) is 0 Å². The first-order chi connectivity index (χ1) is 9.81. The van der Waals surface area contributed by atoms with Crippen LogP contribution < -0.4 is 4.74 Å². The Morgan fingerprint density at radius 1 is 1.10 bits per heavy atom. The largest absolute Gasteiger partial charge is 0.488 e. The Morgan fingerprint density at radius 3 is 2.60 bits per heavy atom. The van der Waals surface area contributed by atoms with Gasteiger partial charge in [-0.2, -0.15) is 0 Å². The molecule has 3 rings (SSSR count). The first-order valence-electron chi connectivity index (χ1n) is 6.88. The Kier molecular flexibility index (Phi) is 4.24. The highest BCUT2D eigenvalue weighted by atomic mass is 35.5. The maximum Gasteiger partial charge on any atom is 0.124 e. The van der Waals surface area contributed by atoms with Gasteiger partial charge in [0, 0.05) is 11.4 Å². The van der Waals surface area contributed by atoms with Crippen LogP contribution >= 0.6 is 11.6 Å². The highest BCUT2D eigenvalue weighted by Crippen LogP contribution is 2.22. The maximum atomic E-state index is 6.18. The molecule has 0 spiro atoms. The molecule has 1 aliphatic rings. The van der Waals surface area contributed by atoms with Gasteiger partial charge in [0.15, 0.2) is 0 Å². The first kappa shape index (κ1) is 13.5. The molecule has 0 saturated carbocycles. The summed E-state index contributed by atoms with van der Waals surface area (Å²) in [6.07, 6.45) is 2.01. The lowest BCUT2D eigenvalue weighted by Gasteiger charge is -2.12. The molecule has 3 heteroatoms. The van der Waals surface area contributed by atoms with Gasteiger partial charge in [-0.1, -0.05) is 41.9 Å². The Labute approximate surface area is 124 Å². The lowest BCUT2D eigenvalue weighted by Crippen LogP contribution is -2.15. The topological polar surface area (TPSA) is 18.5 Å². The van der Waals surface area contributed by atoms with Crippen LogP contribution in [0.3, 0.4) is 0 Å². The second-order valence-corrected chi connectivity index (χ2v) is 5.42. The fourth-order valence-electron chi connectivity index (χ4n) is 2.35. The second kappa shape index (κ2) is 6.29. The highest BCUT2D eigenvalue weighted by Gasteiger charge is 2.16. The molecule has 0 aliphatic carbocycles. The van der Waals surface area contributed by atoms with E-state index in [9.17, 15) is 0 Å². The van der Waals surface area contributed by atoms with Gasteiger partial charge < -0.3 is 9.47 Å². The summed E-state index contributed by atoms with van der Waals surface area (Å²) in [5.41, 5.74) is 2.38. The maximum absolute atomic E-state index is 6.18. The monoisotopic (exact) mass is 288 g/mol. The third-order valence-corrected chi connectivity index (χ3v) is 3.84. The highest BCUT2D eigenvalue weighted by molar-refractivity contribution is 6.31. The number of benzene rings is 2. The molecule has 0 aromatic heterocycles. The molecule has 1 aliphatic heterocycles. The summed E-state index contributed by atoms with van der Waals surface area (Å²) in [6.45, 7) is 1.50. The van der Waals surface area contributed by atoms with E-state index in [2.05, 4.69) is 18.2 Å². The third kappa shape index (κ3) is 3.33. The average Bonchev–Trinajstić information content (AvgIpc) is 2.96. The predicted octanol–water partition coefficient (Wildman–Crippen LogP) is 4.10. The van der Waals surface area contributed by atoms with E-state index in [0.29, 0.717) is 6.61 Å². The summed E-state index contributed by atoms with van der Waals surface area (Å²) in [4.78, 5) is 0. The van der Waals surface area contributed by atoms with Crippen LogP contribution in [0.5, 0.6) is 5.75 Å². The van der Waals surface area contributed by atoms with Crippen LogP contribution in [0.2, 0.25) is 5.02 Å². The van der Waals surface area contributed by atoms with Crippen molar-refractivity contribution in [2.75, 3.05) is 13.2 Å². The van der Waals surface area contributed by atoms with Gasteiger partial charge in [0.05, 0.1) is 13.2 Å². The smallest absolute Gasteiger partial charge is 0.124 e. The van der Waals surface area contributed by atoms with Crippen molar-refractivity contribution in [2.24, 2.45) is 0 Å². The quantitative estimate of drug-likeness (QED) is 0.843. The third-order valence-electron chi connectivity index (χ3n) is 3.47. The fraction of sp³-hybridized carbons (Fsp3) is 0.294.